The SMILES string of the molecule is CC(C)(C)C(=O)NC(=CC(=O)[C@H](Cc1ccccc1)N(Cc1ccccc1)Cc1ccccc1)Cc1ccccc1. The summed E-state index contributed by atoms with van der Waals surface area (Å²) in [6.45, 7) is 6.88. The minimum absolute atomic E-state index is 0.0270. The van der Waals surface area contributed by atoms with Crippen LogP contribution in [0.2, 0.25) is 0 Å². The highest BCUT2D eigenvalue weighted by molar-refractivity contribution is 5.96. The van der Waals surface area contributed by atoms with Gasteiger partial charge in [-0.2, -0.15) is 0 Å². The number of amides is 1. The van der Waals surface area contributed by atoms with Crippen LogP contribution in [0.5, 0.6) is 0 Å². The molecule has 0 heterocycles. The second-order valence-corrected chi connectivity index (χ2v) is 11.5. The third kappa shape index (κ3) is 9.40. The lowest BCUT2D eigenvalue weighted by molar-refractivity contribution is -0.127. The number of ketones is 1. The van der Waals surface area contributed by atoms with Crippen LogP contribution < -0.4 is 5.32 Å². The lowest BCUT2D eigenvalue weighted by Gasteiger charge is -2.31. The lowest BCUT2D eigenvalue weighted by Crippen LogP contribution is -2.42. The van der Waals surface area contributed by atoms with Crippen LogP contribution in [-0.4, -0.2) is 22.6 Å². The lowest BCUT2D eigenvalue weighted by atomic mass is 9.94. The molecule has 41 heavy (non-hydrogen) atoms. The van der Waals surface area contributed by atoms with Crippen molar-refractivity contribution in [2.24, 2.45) is 5.41 Å². The predicted molar refractivity (Wildman–Crippen MR) is 167 cm³/mol. The molecular formula is C37H40N2O2. The van der Waals surface area contributed by atoms with Crippen LogP contribution in [0.15, 0.2) is 133 Å². The fourth-order valence-corrected chi connectivity index (χ4v) is 4.71. The molecule has 4 heteroatoms. The largest absolute Gasteiger partial charge is 0.329 e. The van der Waals surface area contributed by atoms with Crippen LogP contribution in [0, 0.1) is 5.41 Å². The van der Waals surface area contributed by atoms with Crippen LogP contribution in [0.4, 0.5) is 0 Å². The molecule has 0 radical (unpaired) electrons. The zero-order valence-corrected chi connectivity index (χ0v) is 24.3. The number of hydrogen-bond acceptors (Lipinski definition) is 3. The molecule has 0 aliphatic carbocycles. The van der Waals surface area contributed by atoms with E-state index in [4.69, 9.17) is 0 Å². The van der Waals surface area contributed by atoms with Gasteiger partial charge in [-0.25, -0.2) is 0 Å². The molecule has 0 bridgehead atoms. The van der Waals surface area contributed by atoms with Gasteiger partial charge < -0.3 is 5.32 Å². The van der Waals surface area contributed by atoms with E-state index in [0.29, 0.717) is 31.6 Å². The number of rotatable bonds is 12. The summed E-state index contributed by atoms with van der Waals surface area (Å²) in [6, 6.07) is 40.2. The molecule has 0 aliphatic rings. The van der Waals surface area contributed by atoms with Crippen molar-refractivity contribution in [2.75, 3.05) is 0 Å². The molecule has 0 fully saturated rings. The van der Waals surface area contributed by atoms with Crippen molar-refractivity contribution >= 4 is 11.7 Å². The summed E-state index contributed by atoms with van der Waals surface area (Å²) < 4.78 is 0. The Labute approximate surface area is 244 Å². The number of carbonyl (C=O) groups excluding carboxylic acids is 2. The second-order valence-electron chi connectivity index (χ2n) is 11.5. The van der Waals surface area contributed by atoms with E-state index in [-0.39, 0.29) is 11.7 Å². The molecule has 4 aromatic rings. The Morgan fingerprint density at radius 3 is 1.51 bits per heavy atom. The maximum absolute atomic E-state index is 14.3. The molecule has 0 aromatic heterocycles. The van der Waals surface area contributed by atoms with Gasteiger partial charge in [-0.1, -0.05) is 142 Å². The fraction of sp³-hybridized carbons (Fsp3) is 0.243. The van der Waals surface area contributed by atoms with Gasteiger partial charge in [-0.05, 0) is 28.7 Å². The van der Waals surface area contributed by atoms with Crippen molar-refractivity contribution in [2.45, 2.75) is 52.7 Å². The molecule has 4 aromatic carbocycles. The predicted octanol–water partition coefficient (Wildman–Crippen LogP) is 7.16. The summed E-state index contributed by atoms with van der Waals surface area (Å²) in [7, 11) is 0. The van der Waals surface area contributed by atoms with Gasteiger partial charge in [0, 0.05) is 36.7 Å². The van der Waals surface area contributed by atoms with Gasteiger partial charge in [0.1, 0.15) is 0 Å². The Bertz CT molecular complexity index is 1370. The van der Waals surface area contributed by atoms with Gasteiger partial charge in [0.25, 0.3) is 0 Å². The van der Waals surface area contributed by atoms with Gasteiger partial charge in [0.15, 0.2) is 5.78 Å². The van der Waals surface area contributed by atoms with Gasteiger partial charge in [-0.15, -0.1) is 0 Å². The molecule has 0 saturated heterocycles. The van der Waals surface area contributed by atoms with Crippen molar-refractivity contribution in [3.63, 3.8) is 0 Å². The average Bonchev–Trinajstić information content (AvgIpc) is 2.97. The quantitative estimate of drug-likeness (QED) is 0.193. The highest BCUT2D eigenvalue weighted by Gasteiger charge is 2.27. The first-order valence-corrected chi connectivity index (χ1v) is 14.2. The summed E-state index contributed by atoms with van der Waals surface area (Å²) >= 11 is 0. The van der Waals surface area contributed by atoms with Crippen LogP contribution >= 0.6 is 0 Å². The smallest absolute Gasteiger partial charge is 0.229 e. The average molecular weight is 545 g/mol. The number of carbonyl (C=O) groups is 2. The molecule has 0 aliphatic heterocycles. The molecule has 210 valence electrons. The van der Waals surface area contributed by atoms with Crippen molar-refractivity contribution in [1.82, 2.24) is 10.2 Å². The molecule has 1 atom stereocenters. The van der Waals surface area contributed by atoms with E-state index in [1.165, 1.54) is 0 Å². The highest BCUT2D eigenvalue weighted by atomic mass is 16.2. The fourth-order valence-electron chi connectivity index (χ4n) is 4.71. The minimum Gasteiger partial charge on any atom is -0.329 e. The van der Waals surface area contributed by atoms with Crippen molar-refractivity contribution in [1.29, 1.82) is 0 Å². The first kappa shape index (κ1) is 29.7. The Morgan fingerprint density at radius 1 is 0.659 bits per heavy atom. The van der Waals surface area contributed by atoms with Crippen molar-refractivity contribution in [3.8, 4) is 0 Å². The Hall–Kier alpha value is -4.28. The van der Waals surface area contributed by atoms with Crippen molar-refractivity contribution < 1.29 is 9.59 Å². The maximum atomic E-state index is 14.3. The number of nitrogens with zero attached hydrogens (tertiary/aromatic N) is 1. The Balaban J connectivity index is 1.73. The van der Waals surface area contributed by atoms with Crippen LogP contribution in [0.3, 0.4) is 0 Å². The summed E-state index contributed by atoms with van der Waals surface area (Å²) in [4.78, 5) is 29.6. The van der Waals surface area contributed by atoms with Gasteiger partial charge in [-0.3, -0.25) is 14.5 Å². The second kappa shape index (κ2) is 14.4. The molecule has 4 nitrogen and oxygen atoms in total. The van der Waals surface area contributed by atoms with E-state index in [2.05, 4.69) is 46.6 Å². The number of benzene rings is 4. The normalized spacial score (nSPS) is 12.6. The van der Waals surface area contributed by atoms with Crippen LogP contribution in [0.1, 0.15) is 43.0 Å². The molecule has 0 saturated carbocycles. The van der Waals surface area contributed by atoms with Gasteiger partial charge in [0.2, 0.25) is 5.91 Å². The topological polar surface area (TPSA) is 49.4 Å². The molecule has 1 N–H and O–H groups in total. The molecule has 4 rings (SSSR count). The van der Waals surface area contributed by atoms with E-state index < -0.39 is 11.5 Å². The Morgan fingerprint density at radius 2 is 1.07 bits per heavy atom. The van der Waals surface area contributed by atoms with E-state index >= 15 is 0 Å². The first-order chi connectivity index (χ1) is 19.8. The summed E-state index contributed by atoms with van der Waals surface area (Å²) in [6.07, 6.45) is 2.68. The van der Waals surface area contributed by atoms with Crippen molar-refractivity contribution in [3.05, 3.63) is 155 Å². The zero-order chi connectivity index (χ0) is 29.1. The van der Waals surface area contributed by atoms with E-state index in [9.17, 15) is 9.59 Å². The zero-order valence-electron chi connectivity index (χ0n) is 24.3. The number of nitrogens with one attached hydrogen (secondary N) is 1. The minimum atomic E-state index is -0.588. The number of allylic oxidation sites excluding steroid dienone is 1. The van der Waals surface area contributed by atoms with E-state index in [1.54, 1.807) is 6.08 Å². The summed E-state index contributed by atoms with van der Waals surface area (Å²) in [5, 5.41) is 3.08. The van der Waals surface area contributed by atoms with Crippen LogP contribution in [0.25, 0.3) is 0 Å². The third-order valence-electron chi connectivity index (χ3n) is 7.01. The molecular weight excluding hydrogens is 504 g/mol. The Kier molecular flexibility index (Phi) is 10.4. The highest BCUT2D eigenvalue weighted by Crippen LogP contribution is 2.20. The molecule has 0 unspecified atom stereocenters. The van der Waals surface area contributed by atoms with Gasteiger partial charge in [0.05, 0.1) is 6.04 Å². The van der Waals surface area contributed by atoms with Crippen LogP contribution in [-0.2, 0) is 35.5 Å². The molecule has 1 amide bonds. The third-order valence-corrected chi connectivity index (χ3v) is 7.01. The van der Waals surface area contributed by atoms with E-state index in [0.717, 1.165) is 22.3 Å². The summed E-state index contributed by atoms with van der Waals surface area (Å²) in [5.74, 6) is -0.140. The maximum Gasteiger partial charge on any atom is 0.229 e. The first-order valence-electron chi connectivity index (χ1n) is 14.2. The summed E-state index contributed by atoms with van der Waals surface area (Å²) in [5.41, 5.74) is 4.43. The monoisotopic (exact) mass is 544 g/mol. The molecule has 0 spiro atoms. The number of hydrogen-bond donors (Lipinski definition) is 1. The van der Waals surface area contributed by atoms with Gasteiger partial charge >= 0.3 is 0 Å². The standard InChI is InChI=1S/C37H40N2O2/c1-37(2,3)36(41)38-33(24-29-16-8-4-9-17-29)26-35(40)34(25-30-18-10-5-11-19-30)39(27-31-20-12-6-13-21-31)28-32-22-14-7-15-23-32/h4-23,26,34H,24-25,27-28H2,1-3H3,(H,38,41)/t34-/m0/s1. The van der Waals surface area contributed by atoms with E-state index in [1.807, 2.05) is 106 Å².